The molecule has 3 nitrogen and oxygen atoms in total. The van der Waals surface area contributed by atoms with Crippen LogP contribution in [0.25, 0.3) is 0 Å². The van der Waals surface area contributed by atoms with Gasteiger partial charge in [0.1, 0.15) is 0 Å². The molecule has 1 aliphatic heterocycles. The van der Waals surface area contributed by atoms with Crippen LogP contribution in [0.1, 0.15) is 14.3 Å². The topological polar surface area (TPSA) is 58.3 Å². The number of nitrogens with one attached hydrogen (secondary N) is 1. The molecule has 1 aliphatic rings. The molecule has 0 aromatic rings. The Hall–Kier alpha value is -0.120. The van der Waals surface area contributed by atoms with Crippen molar-refractivity contribution in [3.63, 3.8) is 0 Å². The second-order valence-corrected chi connectivity index (χ2v) is 1.46. The molecule has 0 radical (unpaired) electrons. The van der Waals surface area contributed by atoms with Crippen molar-refractivity contribution >= 4 is 0 Å². The maximum Gasteiger partial charge on any atom is 0.0319 e. The van der Waals surface area contributed by atoms with Crippen LogP contribution in [0.3, 0.4) is 0 Å². The first-order chi connectivity index (χ1) is 4.50. The van der Waals surface area contributed by atoms with Gasteiger partial charge in [0.2, 0.25) is 0 Å². The zero-order valence-corrected chi connectivity index (χ0v) is 6.35. The molecule has 0 saturated carbocycles. The van der Waals surface area contributed by atoms with E-state index in [9.17, 15) is 0 Å². The zero-order chi connectivity index (χ0) is 7.54. The Morgan fingerprint density at radius 2 is 1.56 bits per heavy atom. The predicted molar refractivity (Wildman–Crippen MR) is 42.5 cm³/mol. The molecule has 0 atom stereocenters. The maximum absolute atomic E-state index is 7.00. The number of nitrogens with two attached hydrogens (primary N) is 1. The monoisotopic (exact) mass is 136 g/mol. The van der Waals surface area contributed by atoms with Crippen LogP contribution in [0.15, 0.2) is 0 Å². The van der Waals surface area contributed by atoms with Crippen molar-refractivity contribution in [1.29, 1.82) is 0 Å². The average molecular weight is 136 g/mol. The van der Waals surface area contributed by atoms with Gasteiger partial charge in [-0.2, -0.15) is 0 Å². The van der Waals surface area contributed by atoms with Gasteiger partial charge >= 0.3 is 0 Å². The van der Waals surface area contributed by atoms with E-state index in [0.717, 1.165) is 7.11 Å². The molecule has 1 saturated heterocycles. The van der Waals surface area contributed by atoms with E-state index in [-0.39, 0.29) is 1.43 Å². The van der Waals surface area contributed by atoms with Crippen molar-refractivity contribution < 1.29 is 6.53 Å². The summed E-state index contributed by atoms with van der Waals surface area (Å²) in [5.41, 5.74) is 4.50. The summed E-state index contributed by atoms with van der Waals surface area (Å²) >= 11 is 0. The summed E-state index contributed by atoms with van der Waals surface area (Å²) in [4.78, 5) is 0. The number of rotatable bonds is 0. The van der Waals surface area contributed by atoms with E-state index in [0.29, 0.717) is 0 Å². The fourth-order valence-corrected chi connectivity index (χ4v) is 0.625. The summed E-state index contributed by atoms with van der Waals surface area (Å²) in [5, 5.41) is 10.2. The molecule has 0 aliphatic carbocycles. The number of hydrogen-bond donors (Lipinski definition) is 3. The van der Waals surface area contributed by atoms with E-state index in [1.54, 1.807) is 0 Å². The summed E-state index contributed by atoms with van der Waals surface area (Å²) in [6, 6.07) is 0. The normalized spacial score (nSPS) is 14.7. The van der Waals surface area contributed by atoms with E-state index in [2.05, 4.69) is 11.1 Å². The van der Waals surface area contributed by atoms with Crippen molar-refractivity contribution in [2.24, 2.45) is 5.73 Å². The fourth-order valence-electron chi connectivity index (χ4n) is 0.625. The van der Waals surface area contributed by atoms with Crippen LogP contribution in [-0.4, -0.2) is 32.4 Å². The van der Waals surface area contributed by atoms with Crippen LogP contribution >= 0.6 is 0 Å². The van der Waals surface area contributed by atoms with Gasteiger partial charge in [0.15, 0.2) is 0 Å². The number of aliphatic hydroxyl groups is 1. The van der Waals surface area contributed by atoms with Crippen LogP contribution in [0.4, 0.5) is 0 Å². The molecule has 4 N–H and O–H groups in total. The van der Waals surface area contributed by atoms with Crippen molar-refractivity contribution in [1.82, 2.24) is 5.32 Å². The molecule has 1 rings (SSSR count). The molecular formula is C6H20N2O. The van der Waals surface area contributed by atoms with E-state index in [4.69, 9.17) is 5.11 Å². The van der Waals surface area contributed by atoms with E-state index < -0.39 is 0 Å². The zero-order valence-electron chi connectivity index (χ0n) is 6.35. The lowest BCUT2D eigenvalue weighted by Crippen LogP contribution is -2.03. The average Bonchev–Trinajstić information content (AvgIpc) is 2.51. The summed E-state index contributed by atoms with van der Waals surface area (Å²) in [7, 11) is 2.50. The van der Waals surface area contributed by atoms with Gasteiger partial charge in [0.25, 0.3) is 0 Å². The van der Waals surface area contributed by atoms with Crippen LogP contribution in [0.5, 0.6) is 0 Å². The Labute approximate surface area is 58.7 Å². The molecule has 0 bridgehead atoms. The van der Waals surface area contributed by atoms with Crippen LogP contribution in [0.2, 0.25) is 0 Å². The van der Waals surface area contributed by atoms with Crippen LogP contribution in [0, 0.1) is 0 Å². The van der Waals surface area contributed by atoms with Crippen molar-refractivity contribution in [2.75, 3.05) is 27.2 Å². The third-order valence-electron chi connectivity index (χ3n) is 0.957. The Morgan fingerprint density at radius 3 is 1.67 bits per heavy atom. The van der Waals surface area contributed by atoms with E-state index in [1.165, 1.54) is 33.0 Å². The van der Waals surface area contributed by atoms with Gasteiger partial charge in [0, 0.05) is 8.54 Å². The fraction of sp³-hybridized carbons (Fsp3) is 1.00. The summed E-state index contributed by atoms with van der Waals surface area (Å²) in [6.07, 6.45) is 2.78. The minimum atomic E-state index is 0. The standard InChI is InChI=1S/C4H9N.CH5N.CH4O.H2/c1-2-4-5-3-1;2*1-2;/h5H,1-4H2;2H2,1H3;2H,1H3;1H. The molecule has 1 heterocycles. The third kappa shape index (κ3) is 11.4. The Balaban J connectivity index is -0.0000000875. The Kier molecular flexibility index (Phi) is 20.3. The summed E-state index contributed by atoms with van der Waals surface area (Å²) in [5.74, 6) is 0. The van der Waals surface area contributed by atoms with Gasteiger partial charge in [-0.3, -0.25) is 0 Å². The second kappa shape index (κ2) is 15.7. The van der Waals surface area contributed by atoms with Gasteiger partial charge in [-0.05, 0) is 33.0 Å². The van der Waals surface area contributed by atoms with E-state index in [1.807, 2.05) is 0 Å². The Morgan fingerprint density at radius 1 is 1.22 bits per heavy atom. The minimum Gasteiger partial charge on any atom is -0.400 e. The first-order valence-corrected chi connectivity index (χ1v) is 3.23. The molecule has 0 aromatic carbocycles. The lowest BCUT2D eigenvalue weighted by Gasteiger charge is -1.76. The molecule has 0 spiro atoms. The minimum absolute atomic E-state index is 0. The molecule has 9 heavy (non-hydrogen) atoms. The van der Waals surface area contributed by atoms with E-state index >= 15 is 0 Å². The highest BCUT2D eigenvalue weighted by Gasteiger charge is 1.93. The van der Waals surface area contributed by atoms with Crippen LogP contribution in [-0.2, 0) is 0 Å². The van der Waals surface area contributed by atoms with Gasteiger partial charge in [-0.15, -0.1) is 0 Å². The lowest BCUT2D eigenvalue weighted by molar-refractivity contribution is 0.399. The molecule has 1 fully saturated rings. The summed E-state index contributed by atoms with van der Waals surface area (Å²) < 4.78 is 0. The quantitative estimate of drug-likeness (QED) is 0.432. The third-order valence-corrected chi connectivity index (χ3v) is 0.957. The highest BCUT2D eigenvalue weighted by molar-refractivity contribution is 4.55. The number of aliphatic hydroxyl groups excluding tert-OH is 1. The SMILES string of the molecule is C1CCNC1.CN.CO.[HH]. The lowest BCUT2D eigenvalue weighted by atomic mass is 10.4. The van der Waals surface area contributed by atoms with Gasteiger partial charge in [-0.25, -0.2) is 0 Å². The van der Waals surface area contributed by atoms with Crippen molar-refractivity contribution in [3.8, 4) is 0 Å². The Bertz CT molecular complexity index is 27.3. The molecule has 0 aromatic heterocycles. The number of hydrogen-bond acceptors (Lipinski definition) is 3. The first-order valence-electron chi connectivity index (χ1n) is 3.23. The van der Waals surface area contributed by atoms with Gasteiger partial charge in [-0.1, -0.05) is 0 Å². The molecule has 3 heteroatoms. The largest absolute Gasteiger partial charge is 0.400 e. The van der Waals surface area contributed by atoms with Crippen molar-refractivity contribution in [2.45, 2.75) is 12.8 Å². The van der Waals surface area contributed by atoms with Gasteiger partial charge < -0.3 is 16.2 Å². The molecule has 60 valence electrons. The summed E-state index contributed by atoms with van der Waals surface area (Å²) in [6.45, 7) is 2.50. The molecular weight excluding hydrogens is 116 g/mol. The van der Waals surface area contributed by atoms with Gasteiger partial charge in [0.05, 0.1) is 0 Å². The van der Waals surface area contributed by atoms with Crippen molar-refractivity contribution in [3.05, 3.63) is 0 Å². The highest BCUT2D eigenvalue weighted by Crippen LogP contribution is 1.90. The first kappa shape index (κ1) is 11.6. The molecule has 0 unspecified atom stereocenters. The second-order valence-electron chi connectivity index (χ2n) is 1.46. The smallest absolute Gasteiger partial charge is 0.0319 e. The maximum atomic E-state index is 7.00. The highest BCUT2D eigenvalue weighted by atomic mass is 16.2. The molecule has 0 amide bonds. The van der Waals surface area contributed by atoms with Crippen LogP contribution < -0.4 is 11.1 Å². The predicted octanol–water partition coefficient (Wildman–Crippen LogP) is -0.201.